The number of nitrogens with two attached hydrogens (primary N) is 1. The van der Waals surface area contributed by atoms with Crippen LogP contribution in [0.25, 0.3) is 0 Å². The number of carbonyl (C=O) groups excluding carboxylic acids is 1. The average Bonchev–Trinajstić information content (AvgIpc) is 2.51. The van der Waals surface area contributed by atoms with Crippen LogP contribution in [0.2, 0.25) is 5.02 Å². The first kappa shape index (κ1) is 18.6. The van der Waals surface area contributed by atoms with Gasteiger partial charge in [0.2, 0.25) is 5.91 Å². The van der Waals surface area contributed by atoms with Gasteiger partial charge in [-0.1, -0.05) is 31.4 Å². The Morgan fingerprint density at radius 3 is 2.86 bits per heavy atom. The van der Waals surface area contributed by atoms with Crippen molar-refractivity contribution in [2.75, 3.05) is 25.5 Å². The van der Waals surface area contributed by atoms with Crippen molar-refractivity contribution < 1.29 is 9.53 Å². The Hall–Kier alpha value is -1.46. The highest BCUT2D eigenvalue weighted by Gasteiger charge is 2.10. The van der Waals surface area contributed by atoms with E-state index in [9.17, 15) is 4.79 Å². The largest absolute Gasteiger partial charge is 0.495 e. The first-order chi connectivity index (χ1) is 10.6. The van der Waals surface area contributed by atoms with Gasteiger partial charge in [0.15, 0.2) is 0 Å². The minimum absolute atomic E-state index is 0.0000444. The third kappa shape index (κ3) is 6.54. The van der Waals surface area contributed by atoms with Crippen LogP contribution in [0.15, 0.2) is 18.2 Å². The number of carbonyl (C=O) groups is 1. The van der Waals surface area contributed by atoms with Crippen LogP contribution in [0.1, 0.15) is 32.6 Å². The van der Waals surface area contributed by atoms with Crippen LogP contribution >= 0.6 is 11.6 Å². The highest BCUT2D eigenvalue weighted by atomic mass is 35.5. The van der Waals surface area contributed by atoms with E-state index < -0.39 is 0 Å². The van der Waals surface area contributed by atoms with Crippen molar-refractivity contribution in [3.05, 3.63) is 23.2 Å². The lowest BCUT2D eigenvalue weighted by Gasteiger charge is -2.17. The summed E-state index contributed by atoms with van der Waals surface area (Å²) in [7, 11) is 1.60. The lowest BCUT2D eigenvalue weighted by atomic mass is 10.1. The number of methoxy groups -OCH3 is 1. The van der Waals surface area contributed by atoms with E-state index in [-0.39, 0.29) is 11.9 Å². The van der Waals surface area contributed by atoms with Crippen molar-refractivity contribution in [3.8, 4) is 5.75 Å². The zero-order chi connectivity index (χ0) is 16.4. The summed E-state index contributed by atoms with van der Waals surface area (Å²) in [6.45, 7) is 3.10. The highest BCUT2D eigenvalue weighted by Crippen LogP contribution is 2.27. The van der Waals surface area contributed by atoms with Gasteiger partial charge in [-0.3, -0.25) is 4.79 Å². The number of amides is 1. The molecule has 1 unspecified atom stereocenters. The molecule has 1 aromatic rings. The minimum Gasteiger partial charge on any atom is -0.495 e. The first-order valence-electron chi connectivity index (χ1n) is 7.67. The van der Waals surface area contributed by atoms with Crippen molar-refractivity contribution >= 4 is 23.2 Å². The zero-order valence-electron chi connectivity index (χ0n) is 13.3. The molecular weight excluding hydrogens is 302 g/mol. The number of rotatable bonds is 10. The fourth-order valence-electron chi connectivity index (χ4n) is 2.13. The number of unbranched alkanes of at least 4 members (excludes halogenated alkanes) is 1. The zero-order valence-corrected chi connectivity index (χ0v) is 14.1. The van der Waals surface area contributed by atoms with E-state index >= 15 is 0 Å². The van der Waals surface area contributed by atoms with Gasteiger partial charge < -0.3 is 21.1 Å². The van der Waals surface area contributed by atoms with Gasteiger partial charge in [-0.25, -0.2) is 0 Å². The predicted molar refractivity (Wildman–Crippen MR) is 91.6 cm³/mol. The van der Waals surface area contributed by atoms with Crippen LogP contribution in [0.5, 0.6) is 5.75 Å². The molecule has 0 aromatic heterocycles. The first-order valence-corrected chi connectivity index (χ1v) is 8.05. The van der Waals surface area contributed by atoms with Crippen LogP contribution in [0, 0.1) is 0 Å². The van der Waals surface area contributed by atoms with Gasteiger partial charge in [0.1, 0.15) is 5.75 Å². The second-order valence-corrected chi connectivity index (χ2v) is 5.60. The van der Waals surface area contributed by atoms with E-state index in [1.54, 1.807) is 25.3 Å². The predicted octanol–water partition coefficient (Wildman–Crippen LogP) is 2.78. The maximum atomic E-state index is 11.9. The van der Waals surface area contributed by atoms with Crippen molar-refractivity contribution in [2.45, 2.75) is 38.6 Å². The average molecular weight is 328 g/mol. The molecule has 0 heterocycles. The van der Waals surface area contributed by atoms with E-state index in [4.69, 9.17) is 22.1 Å². The second-order valence-electron chi connectivity index (χ2n) is 5.16. The smallest absolute Gasteiger partial charge is 0.222 e. The molecule has 0 aliphatic rings. The van der Waals surface area contributed by atoms with Gasteiger partial charge in [-0.15, -0.1) is 0 Å². The van der Waals surface area contributed by atoms with E-state index in [1.165, 1.54) is 0 Å². The van der Waals surface area contributed by atoms with Crippen molar-refractivity contribution in [3.63, 3.8) is 0 Å². The molecule has 0 saturated carbocycles. The molecule has 124 valence electrons. The van der Waals surface area contributed by atoms with E-state index in [2.05, 4.69) is 17.6 Å². The summed E-state index contributed by atoms with van der Waals surface area (Å²) in [6.07, 6.45) is 3.47. The minimum atomic E-state index is 0.0000444. The fourth-order valence-corrected chi connectivity index (χ4v) is 2.30. The van der Waals surface area contributed by atoms with Gasteiger partial charge in [-0.05, 0) is 24.6 Å². The summed E-state index contributed by atoms with van der Waals surface area (Å²) in [5.74, 6) is 0.702. The molecule has 1 amide bonds. The maximum absolute atomic E-state index is 11.9. The second kappa shape index (κ2) is 10.3. The highest BCUT2D eigenvalue weighted by molar-refractivity contribution is 6.30. The molecule has 6 heteroatoms. The Morgan fingerprint density at radius 1 is 1.45 bits per heavy atom. The Balaban J connectivity index is 2.40. The monoisotopic (exact) mass is 327 g/mol. The molecule has 0 aliphatic heterocycles. The van der Waals surface area contributed by atoms with Gasteiger partial charge >= 0.3 is 0 Å². The summed E-state index contributed by atoms with van der Waals surface area (Å²) in [6, 6.07) is 5.40. The normalized spacial score (nSPS) is 11.8. The lowest BCUT2D eigenvalue weighted by Crippen LogP contribution is -2.40. The summed E-state index contributed by atoms with van der Waals surface area (Å²) < 4.78 is 5.25. The third-order valence-electron chi connectivity index (χ3n) is 3.38. The van der Waals surface area contributed by atoms with Crippen molar-refractivity contribution in [2.24, 2.45) is 5.73 Å². The summed E-state index contributed by atoms with van der Waals surface area (Å²) >= 11 is 5.96. The molecule has 0 radical (unpaired) electrons. The van der Waals surface area contributed by atoms with Crippen LogP contribution < -0.4 is 21.1 Å². The third-order valence-corrected chi connectivity index (χ3v) is 3.62. The standard InChI is InChI=1S/C16H26ClN3O2/c1-3-4-5-13(11-18)20-16(21)8-9-19-14-10-12(17)6-7-15(14)22-2/h6-7,10,13,19H,3-5,8-9,11,18H2,1-2H3,(H,20,21). The molecule has 0 spiro atoms. The Labute approximate surface area is 137 Å². The van der Waals surface area contributed by atoms with E-state index in [1.807, 2.05) is 0 Å². The number of hydrogen-bond donors (Lipinski definition) is 3. The summed E-state index contributed by atoms with van der Waals surface area (Å²) in [5.41, 5.74) is 6.46. The SMILES string of the molecule is CCCCC(CN)NC(=O)CCNc1cc(Cl)ccc1OC. The Kier molecular flexibility index (Phi) is 8.70. The van der Waals surface area contributed by atoms with E-state index in [0.29, 0.717) is 30.3 Å². The summed E-state index contributed by atoms with van der Waals surface area (Å²) in [4.78, 5) is 11.9. The number of nitrogens with one attached hydrogen (secondary N) is 2. The molecule has 4 N–H and O–H groups in total. The number of anilines is 1. The molecule has 1 rings (SSSR count). The number of benzene rings is 1. The van der Waals surface area contributed by atoms with Gasteiger partial charge in [-0.2, -0.15) is 0 Å². The summed E-state index contributed by atoms with van der Waals surface area (Å²) in [5, 5.41) is 6.76. The molecule has 0 bridgehead atoms. The molecular formula is C16H26ClN3O2. The number of ether oxygens (including phenoxy) is 1. The molecule has 1 aromatic carbocycles. The lowest BCUT2D eigenvalue weighted by molar-refractivity contribution is -0.121. The van der Waals surface area contributed by atoms with Gasteiger partial charge in [0.25, 0.3) is 0 Å². The maximum Gasteiger partial charge on any atom is 0.222 e. The molecule has 0 saturated heterocycles. The van der Waals surface area contributed by atoms with Crippen LogP contribution in [-0.4, -0.2) is 32.1 Å². The van der Waals surface area contributed by atoms with Crippen molar-refractivity contribution in [1.29, 1.82) is 0 Å². The fraction of sp³-hybridized carbons (Fsp3) is 0.562. The topological polar surface area (TPSA) is 76.4 Å². The van der Waals surface area contributed by atoms with Crippen LogP contribution in [0.4, 0.5) is 5.69 Å². The molecule has 5 nitrogen and oxygen atoms in total. The number of hydrogen-bond acceptors (Lipinski definition) is 4. The molecule has 22 heavy (non-hydrogen) atoms. The van der Waals surface area contributed by atoms with Crippen molar-refractivity contribution in [1.82, 2.24) is 5.32 Å². The van der Waals surface area contributed by atoms with Gasteiger partial charge in [0.05, 0.1) is 12.8 Å². The quantitative estimate of drug-likeness (QED) is 0.617. The molecule has 0 aliphatic carbocycles. The van der Waals surface area contributed by atoms with E-state index in [0.717, 1.165) is 24.9 Å². The van der Waals surface area contributed by atoms with Gasteiger partial charge in [0, 0.05) is 30.6 Å². The molecule has 0 fully saturated rings. The Morgan fingerprint density at radius 2 is 2.23 bits per heavy atom. The Bertz CT molecular complexity index is 469. The van der Waals surface area contributed by atoms with Crippen LogP contribution in [-0.2, 0) is 4.79 Å². The van der Waals surface area contributed by atoms with Crippen LogP contribution in [0.3, 0.4) is 0 Å². The number of halogens is 1. The molecule has 1 atom stereocenters.